The molecule has 2 aromatic rings. The molecule has 0 aliphatic carbocycles. The molecule has 1 atom stereocenters. The number of rotatable bonds is 13. The summed E-state index contributed by atoms with van der Waals surface area (Å²) >= 11 is 0. The Kier molecular flexibility index (Phi) is 10.2. The number of ether oxygens (including phenoxy) is 4. The van der Waals surface area contributed by atoms with Gasteiger partial charge >= 0.3 is 0 Å². The minimum Gasteiger partial charge on any atom is -0.507 e. The normalized spacial score (nSPS) is 19.1. The van der Waals surface area contributed by atoms with E-state index in [2.05, 4.69) is 18.4 Å². The number of hydrogen-bond acceptors (Lipinski definition) is 8. The van der Waals surface area contributed by atoms with Crippen molar-refractivity contribution < 1.29 is 33.6 Å². The smallest absolute Gasteiger partial charge is 0.295 e. The molecule has 1 amide bonds. The third kappa shape index (κ3) is 6.66. The van der Waals surface area contributed by atoms with E-state index in [9.17, 15) is 14.7 Å². The van der Waals surface area contributed by atoms with E-state index < -0.39 is 17.7 Å². The number of nitrogens with zero attached hydrogens (tertiary/aromatic N) is 2. The summed E-state index contributed by atoms with van der Waals surface area (Å²) in [6, 6.07) is 11.4. The number of benzene rings is 2. The van der Waals surface area contributed by atoms with Crippen molar-refractivity contribution in [1.29, 1.82) is 0 Å². The Morgan fingerprint density at radius 3 is 2.50 bits per heavy atom. The second-order valence-electron chi connectivity index (χ2n) is 9.68. The fourth-order valence-electron chi connectivity index (χ4n) is 4.85. The molecule has 0 saturated carbocycles. The molecule has 40 heavy (non-hydrogen) atoms. The Balaban J connectivity index is 1.71. The molecule has 2 heterocycles. The number of unbranched alkanes of at least 4 members (excludes halogenated alkanes) is 1. The van der Waals surface area contributed by atoms with Crippen molar-refractivity contribution in [3.8, 4) is 17.2 Å². The van der Waals surface area contributed by atoms with Crippen LogP contribution < -0.4 is 14.2 Å². The zero-order chi connectivity index (χ0) is 28.5. The molecule has 2 saturated heterocycles. The van der Waals surface area contributed by atoms with E-state index in [0.717, 1.165) is 25.9 Å². The van der Waals surface area contributed by atoms with Gasteiger partial charge in [0.25, 0.3) is 11.7 Å². The SMILES string of the molecule is C=CCOc1ccc(C2/C(=C(\O)c3ccc(OCCCC)cc3)C(=O)C(=O)N2CCN2CCOCC2)cc1OC. The third-order valence-electron chi connectivity index (χ3n) is 7.06. The highest BCUT2D eigenvalue weighted by Gasteiger charge is 2.46. The molecular weight excluding hydrogens is 512 g/mol. The zero-order valence-corrected chi connectivity index (χ0v) is 23.3. The number of aliphatic hydroxyl groups excluding tert-OH is 1. The predicted molar refractivity (Wildman–Crippen MR) is 152 cm³/mol. The maximum atomic E-state index is 13.4. The third-order valence-corrected chi connectivity index (χ3v) is 7.06. The summed E-state index contributed by atoms with van der Waals surface area (Å²) in [5.74, 6) is 0.0291. The molecule has 2 aliphatic rings. The second kappa shape index (κ2) is 14.0. The number of methoxy groups -OCH3 is 1. The number of hydrogen-bond donors (Lipinski definition) is 1. The van der Waals surface area contributed by atoms with Gasteiger partial charge in [-0.1, -0.05) is 32.1 Å². The molecule has 0 aromatic heterocycles. The first-order chi connectivity index (χ1) is 19.5. The van der Waals surface area contributed by atoms with Gasteiger partial charge in [0.1, 0.15) is 18.1 Å². The van der Waals surface area contributed by atoms with Crippen molar-refractivity contribution in [1.82, 2.24) is 9.80 Å². The molecule has 0 radical (unpaired) electrons. The van der Waals surface area contributed by atoms with Crippen LogP contribution in [0.25, 0.3) is 5.76 Å². The van der Waals surface area contributed by atoms with Crippen LogP contribution >= 0.6 is 0 Å². The minimum atomic E-state index is -0.802. The maximum absolute atomic E-state index is 13.4. The lowest BCUT2D eigenvalue weighted by Gasteiger charge is -2.31. The van der Waals surface area contributed by atoms with Gasteiger partial charge < -0.3 is 29.0 Å². The van der Waals surface area contributed by atoms with E-state index in [-0.39, 0.29) is 11.3 Å². The number of carbonyl (C=O) groups is 2. The van der Waals surface area contributed by atoms with Gasteiger partial charge in [0, 0.05) is 31.7 Å². The van der Waals surface area contributed by atoms with Gasteiger partial charge in [-0.05, 0) is 48.4 Å². The number of likely N-dealkylation sites (tertiary alicyclic amines) is 1. The summed E-state index contributed by atoms with van der Waals surface area (Å²) < 4.78 is 22.4. The van der Waals surface area contributed by atoms with Gasteiger partial charge in [0.05, 0.1) is 38.5 Å². The molecule has 0 bridgehead atoms. The van der Waals surface area contributed by atoms with E-state index in [0.29, 0.717) is 67.9 Å². The molecule has 0 spiro atoms. The zero-order valence-electron chi connectivity index (χ0n) is 23.3. The van der Waals surface area contributed by atoms with Gasteiger partial charge in [-0.2, -0.15) is 0 Å². The number of amides is 1. The minimum absolute atomic E-state index is 0.0356. The van der Waals surface area contributed by atoms with Gasteiger partial charge in [-0.25, -0.2) is 0 Å². The molecule has 2 aromatic carbocycles. The largest absolute Gasteiger partial charge is 0.507 e. The van der Waals surface area contributed by atoms with Crippen molar-refractivity contribution in [2.75, 3.05) is 59.7 Å². The van der Waals surface area contributed by atoms with Crippen molar-refractivity contribution in [2.24, 2.45) is 0 Å². The van der Waals surface area contributed by atoms with Crippen molar-refractivity contribution in [2.45, 2.75) is 25.8 Å². The Labute approximate surface area is 235 Å². The average molecular weight is 551 g/mol. The first-order valence-corrected chi connectivity index (χ1v) is 13.7. The molecule has 2 aliphatic heterocycles. The Bertz CT molecular complexity index is 1220. The second-order valence-corrected chi connectivity index (χ2v) is 9.68. The molecule has 1 unspecified atom stereocenters. The fraction of sp³-hybridized carbons (Fsp3) is 0.419. The summed E-state index contributed by atoms with van der Waals surface area (Å²) in [5.41, 5.74) is 1.09. The van der Waals surface area contributed by atoms with Crippen LogP contribution in [0, 0.1) is 0 Å². The Morgan fingerprint density at radius 1 is 1.07 bits per heavy atom. The van der Waals surface area contributed by atoms with Crippen LogP contribution in [0.3, 0.4) is 0 Å². The predicted octanol–water partition coefficient (Wildman–Crippen LogP) is 4.19. The molecule has 2 fully saturated rings. The van der Waals surface area contributed by atoms with E-state index in [1.54, 1.807) is 48.5 Å². The van der Waals surface area contributed by atoms with Crippen molar-refractivity contribution in [3.63, 3.8) is 0 Å². The van der Waals surface area contributed by atoms with Crippen molar-refractivity contribution >= 4 is 17.4 Å². The Hall–Kier alpha value is -3.82. The van der Waals surface area contributed by atoms with Gasteiger partial charge in [-0.3, -0.25) is 14.5 Å². The number of ketones is 1. The number of carbonyl (C=O) groups excluding carboxylic acids is 2. The number of morpholine rings is 1. The molecular formula is C31H38N2O7. The van der Waals surface area contributed by atoms with Crippen LogP contribution in [0.4, 0.5) is 0 Å². The first-order valence-electron chi connectivity index (χ1n) is 13.7. The summed E-state index contributed by atoms with van der Waals surface area (Å²) in [7, 11) is 1.53. The highest BCUT2D eigenvalue weighted by atomic mass is 16.5. The summed E-state index contributed by atoms with van der Waals surface area (Å²) in [6.07, 6.45) is 3.60. The number of Topliss-reactive ketones (excluding diaryl/α,β-unsaturated/α-hetero) is 1. The highest BCUT2D eigenvalue weighted by Crippen LogP contribution is 2.42. The molecule has 9 heteroatoms. The van der Waals surface area contributed by atoms with E-state index >= 15 is 0 Å². The lowest BCUT2D eigenvalue weighted by Crippen LogP contribution is -2.42. The fourth-order valence-corrected chi connectivity index (χ4v) is 4.85. The Morgan fingerprint density at radius 2 is 1.82 bits per heavy atom. The van der Waals surface area contributed by atoms with Crippen LogP contribution in [0.15, 0.2) is 60.7 Å². The van der Waals surface area contributed by atoms with E-state index in [1.165, 1.54) is 12.0 Å². The highest BCUT2D eigenvalue weighted by molar-refractivity contribution is 6.46. The maximum Gasteiger partial charge on any atom is 0.295 e. The van der Waals surface area contributed by atoms with Gasteiger partial charge in [-0.15, -0.1) is 0 Å². The van der Waals surface area contributed by atoms with E-state index in [4.69, 9.17) is 18.9 Å². The molecule has 214 valence electrons. The van der Waals surface area contributed by atoms with Gasteiger partial charge in [0.2, 0.25) is 0 Å². The lowest BCUT2D eigenvalue weighted by atomic mass is 9.95. The number of aliphatic hydroxyl groups is 1. The standard InChI is InChI=1S/C31H38N2O7/c1-4-6-18-39-24-10-7-22(8-11-24)29(34)27-28(23-9-12-25(40-17-5-2)26(21-23)37-3)33(31(36)30(27)35)14-13-32-15-19-38-20-16-32/h5,7-12,21,28,34H,2,4,6,13-20H2,1,3H3/b29-27+. The summed E-state index contributed by atoms with van der Waals surface area (Å²) in [5, 5.41) is 11.4. The average Bonchev–Trinajstić information content (AvgIpc) is 3.24. The lowest BCUT2D eigenvalue weighted by molar-refractivity contribution is -0.140. The monoisotopic (exact) mass is 550 g/mol. The topological polar surface area (TPSA) is 97.8 Å². The van der Waals surface area contributed by atoms with Gasteiger partial charge in [0.15, 0.2) is 11.5 Å². The van der Waals surface area contributed by atoms with Crippen LogP contribution in [0.1, 0.15) is 36.9 Å². The quantitative estimate of drug-likeness (QED) is 0.130. The molecule has 1 N–H and O–H groups in total. The first kappa shape index (κ1) is 29.2. The van der Waals surface area contributed by atoms with Crippen molar-refractivity contribution in [3.05, 3.63) is 71.8 Å². The van der Waals surface area contributed by atoms with E-state index in [1.807, 2.05) is 0 Å². The van der Waals surface area contributed by atoms with Crippen LogP contribution in [0.2, 0.25) is 0 Å². The summed E-state index contributed by atoms with van der Waals surface area (Å²) in [4.78, 5) is 30.5. The molecule has 9 nitrogen and oxygen atoms in total. The molecule has 4 rings (SSSR count). The van der Waals surface area contributed by atoms with Crippen LogP contribution in [-0.2, 0) is 14.3 Å². The van der Waals surface area contributed by atoms with Crippen LogP contribution in [-0.4, -0.2) is 86.3 Å². The summed E-state index contributed by atoms with van der Waals surface area (Å²) in [6.45, 7) is 10.3. The van der Waals surface area contributed by atoms with Crippen LogP contribution in [0.5, 0.6) is 17.2 Å².